The van der Waals surface area contributed by atoms with E-state index in [1.807, 2.05) is 6.07 Å². The summed E-state index contributed by atoms with van der Waals surface area (Å²) in [5.41, 5.74) is 1.18. The summed E-state index contributed by atoms with van der Waals surface area (Å²) >= 11 is 2.19. The van der Waals surface area contributed by atoms with Gasteiger partial charge in [0.05, 0.1) is 0 Å². The third-order valence-electron chi connectivity index (χ3n) is 2.68. The smallest absolute Gasteiger partial charge is 0.124 e. The lowest BCUT2D eigenvalue weighted by molar-refractivity contribution is 0.321. The molecule has 18 heavy (non-hydrogen) atoms. The van der Waals surface area contributed by atoms with Crippen LogP contribution >= 0.6 is 22.6 Å². The van der Waals surface area contributed by atoms with E-state index in [1.54, 1.807) is 6.07 Å². The van der Waals surface area contributed by atoms with Gasteiger partial charge in [0.2, 0.25) is 0 Å². The fraction of sp³-hybridized carbons (Fsp3) is 0.571. The largest absolute Gasteiger partial charge is 0.315 e. The van der Waals surface area contributed by atoms with Crippen molar-refractivity contribution in [3.8, 4) is 0 Å². The fourth-order valence-corrected chi connectivity index (χ4v) is 2.33. The minimum atomic E-state index is -0.163. The van der Waals surface area contributed by atoms with Gasteiger partial charge in [0.1, 0.15) is 5.82 Å². The first-order chi connectivity index (χ1) is 8.49. The molecule has 0 unspecified atom stereocenters. The second-order valence-corrected chi connectivity index (χ2v) is 6.23. The van der Waals surface area contributed by atoms with E-state index < -0.39 is 0 Å². The molecule has 0 bridgehead atoms. The molecular weight excluding hydrogens is 342 g/mol. The Hall–Kier alpha value is -0.200. The lowest BCUT2D eigenvalue weighted by atomic mass is 10.2. The molecule has 2 nitrogen and oxygen atoms in total. The Morgan fingerprint density at radius 2 is 2.11 bits per heavy atom. The van der Waals surface area contributed by atoms with Gasteiger partial charge in [-0.05, 0) is 59.8 Å². The van der Waals surface area contributed by atoms with Gasteiger partial charge in [-0.1, -0.05) is 19.9 Å². The SMILES string of the molecule is CC(C)CNCCN(C)Cc1ccc(F)cc1I. The molecule has 0 saturated heterocycles. The van der Waals surface area contributed by atoms with Crippen LogP contribution in [-0.4, -0.2) is 31.6 Å². The highest BCUT2D eigenvalue weighted by Crippen LogP contribution is 2.15. The summed E-state index contributed by atoms with van der Waals surface area (Å²) in [5.74, 6) is 0.526. The van der Waals surface area contributed by atoms with Crippen molar-refractivity contribution in [3.63, 3.8) is 0 Å². The van der Waals surface area contributed by atoms with Crippen LogP contribution in [-0.2, 0) is 6.54 Å². The number of nitrogens with one attached hydrogen (secondary N) is 1. The summed E-state index contributed by atoms with van der Waals surface area (Å²) in [4.78, 5) is 2.25. The number of hydrogen-bond donors (Lipinski definition) is 1. The normalized spacial score (nSPS) is 11.5. The molecule has 0 aliphatic rings. The Kier molecular flexibility index (Phi) is 7.11. The average Bonchev–Trinajstić information content (AvgIpc) is 2.28. The second kappa shape index (κ2) is 8.07. The molecule has 0 saturated carbocycles. The molecule has 0 amide bonds. The molecule has 0 aliphatic carbocycles. The number of rotatable bonds is 7. The summed E-state index contributed by atoms with van der Waals surface area (Å²) in [7, 11) is 2.09. The summed E-state index contributed by atoms with van der Waals surface area (Å²) < 4.78 is 14.0. The van der Waals surface area contributed by atoms with Crippen molar-refractivity contribution >= 4 is 22.6 Å². The van der Waals surface area contributed by atoms with Gasteiger partial charge in [0, 0.05) is 23.2 Å². The molecule has 0 radical (unpaired) electrons. The van der Waals surface area contributed by atoms with E-state index in [-0.39, 0.29) is 5.82 Å². The van der Waals surface area contributed by atoms with Gasteiger partial charge in [-0.25, -0.2) is 4.39 Å². The van der Waals surface area contributed by atoms with Gasteiger partial charge < -0.3 is 10.2 Å². The fourth-order valence-electron chi connectivity index (χ4n) is 1.68. The summed E-state index contributed by atoms with van der Waals surface area (Å²) in [6.07, 6.45) is 0. The summed E-state index contributed by atoms with van der Waals surface area (Å²) in [6, 6.07) is 4.98. The first kappa shape index (κ1) is 15.9. The number of benzene rings is 1. The highest BCUT2D eigenvalue weighted by molar-refractivity contribution is 14.1. The predicted molar refractivity (Wildman–Crippen MR) is 83.2 cm³/mol. The van der Waals surface area contributed by atoms with Crippen molar-refractivity contribution in [2.45, 2.75) is 20.4 Å². The van der Waals surface area contributed by atoms with Crippen LogP contribution in [0.3, 0.4) is 0 Å². The van der Waals surface area contributed by atoms with Crippen molar-refractivity contribution in [3.05, 3.63) is 33.1 Å². The van der Waals surface area contributed by atoms with Crippen molar-refractivity contribution in [2.75, 3.05) is 26.7 Å². The lowest BCUT2D eigenvalue weighted by Gasteiger charge is -2.18. The van der Waals surface area contributed by atoms with E-state index in [0.717, 1.165) is 29.7 Å². The highest BCUT2D eigenvalue weighted by atomic mass is 127. The van der Waals surface area contributed by atoms with Crippen LogP contribution in [0.5, 0.6) is 0 Å². The maximum atomic E-state index is 13.0. The molecule has 4 heteroatoms. The van der Waals surface area contributed by atoms with Crippen LogP contribution in [0.25, 0.3) is 0 Å². The molecule has 0 heterocycles. The van der Waals surface area contributed by atoms with Crippen molar-refractivity contribution in [1.82, 2.24) is 10.2 Å². The van der Waals surface area contributed by atoms with Gasteiger partial charge in [-0.2, -0.15) is 0 Å². The summed E-state index contributed by atoms with van der Waals surface area (Å²) in [6.45, 7) is 8.33. The van der Waals surface area contributed by atoms with E-state index in [1.165, 1.54) is 11.6 Å². The maximum absolute atomic E-state index is 13.0. The minimum absolute atomic E-state index is 0.163. The molecule has 102 valence electrons. The molecule has 0 atom stereocenters. The van der Waals surface area contributed by atoms with Crippen LogP contribution in [0.1, 0.15) is 19.4 Å². The molecule has 1 aromatic rings. The maximum Gasteiger partial charge on any atom is 0.124 e. The highest BCUT2D eigenvalue weighted by Gasteiger charge is 2.05. The van der Waals surface area contributed by atoms with Gasteiger partial charge in [-0.15, -0.1) is 0 Å². The molecule has 1 aromatic carbocycles. The first-order valence-electron chi connectivity index (χ1n) is 6.32. The molecule has 0 aliphatic heterocycles. The zero-order chi connectivity index (χ0) is 13.5. The van der Waals surface area contributed by atoms with E-state index in [9.17, 15) is 4.39 Å². The monoisotopic (exact) mass is 364 g/mol. The zero-order valence-electron chi connectivity index (χ0n) is 11.3. The van der Waals surface area contributed by atoms with Gasteiger partial charge in [0.15, 0.2) is 0 Å². The van der Waals surface area contributed by atoms with Crippen LogP contribution < -0.4 is 5.32 Å². The molecule has 1 N–H and O–H groups in total. The molecule has 0 spiro atoms. The Bertz CT molecular complexity index is 369. The second-order valence-electron chi connectivity index (χ2n) is 5.07. The van der Waals surface area contributed by atoms with Crippen LogP contribution in [0, 0.1) is 15.3 Å². The topological polar surface area (TPSA) is 15.3 Å². The zero-order valence-corrected chi connectivity index (χ0v) is 13.5. The molecule has 1 rings (SSSR count). The number of halogens is 2. The Balaban J connectivity index is 2.33. The van der Waals surface area contributed by atoms with Crippen LogP contribution in [0.4, 0.5) is 4.39 Å². The van der Waals surface area contributed by atoms with E-state index in [0.29, 0.717) is 5.92 Å². The number of nitrogens with zero attached hydrogens (tertiary/aromatic N) is 1. The van der Waals surface area contributed by atoms with Gasteiger partial charge in [-0.3, -0.25) is 0 Å². The quantitative estimate of drug-likeness (QED) is 0.591. The first-order valence-corrected chi connectivity index (χ1v) is 7.40. The molecular formula is C14H22FIN2. The van der Waals surface area contributed by atoms with Crippen molar-refractivity contribution < 1.29 is 4.39 Å². The summed E-state index contributed by atoms with van der Waals surface area (Å²) in [5, 5.41) is 3.42. The number of hydrogen-bond acceptors (Lipinski definition) is 2. The minimum Gasteiger partial charge on any atom is -0.315 e. The standard InChI is InChI=1S/C14H22FIN2/c1-11(2)9-17-6-7-18(3)10-12-4-5-13(15)8-14(12)16/h4-5,8,11,17H,6-7,9-10H2,1-3H3. The Labute approximate surface area is 123 Å². The van der Waals surface area contributed by atoms with E-state index in [4.69, 9.17) is 0 Å². The average molecular weight is 364 g/mol. The van der Waals surface area contributed by atoms with Gasteiger partial charge in [0.25, 0.3) is 0 Å². The lowest BCUT2D eigenvalue weighted by Crippen LogP contribution is -2.31. The molecule has 0 fully saturated rings. The van der Waals surface area contributed by atoms with E-state index in [2.05, 4.69) is 53.7 Å². The van der Waals surface area contributed by atoms with Crippen LogP contribution in [0.2, 0.25) is 0 Å². The van der Waals surface area contributed by atoms with Crippen LogP contribution in [0.15, 0.2) is 18.2 Å². The number of likely N-dealkylation sites (N-methyl/N-ethyl adjacent to an activating group) is 1. The predicted octanol–water partition coefficient (Wildman–Crippen LogP) is 3.11. The third kappa shape index (κ3) is 6.11. The third-order valence-corrected chi connectivity index (χ3v) is 3.68. The van der Waals surface area contributed by atoms with Gasteiger partial charge >= 0.3 is 0 Å². The van der Waals surface area contributed by atoms with E-state index >= 15 is 0 Å². The van der Waals surface area contributed by atoms with Crippen molar-refractivity contribution in [1.29, 1.82) is 0 Å². The van der Waals surface area contributed by atoms with Crippen molar-refractivity contribution in [2.24, 2.45) is 5.92 Å². The Morgan fingerprint density at radius 1 is 1.39 bits per heavy atom. The Morgan fingerprint density at radius 3 is 2.72 bits per heavy atom. The molecule has 0 aromatic heterocycles.